The number of rotatable bonds is 6. The number of phosphoric ester groups is 1. The normalized spacial score (nSPS) is 34.3. The number of hydrogen-bond donors (Lipinski definition) is 0. The molecule has 4 aliphatic heterocycles. The van der Waals surface area contributed by atoms with Gasteiger partial charge in [0.2, 0.25) is 5.79 Å². The standard InChI is InChI=1S/C22H26NO5P/c1-17(23-14-8-13-22-21(23,2)26-29(24,27-22)28-22)16-25-20-12-7-6-11-19(20)15-18-9-4-3-5-10-18/h3-7,9-12,17H,8,13-16H2,1-2H3. The van der Waals surface area contributed by atoms with E-state index in [9.17, 15) is 4.57 Å². The van der Waals surface area contributed by atoms with Crippen molar-refractivity contribution < 1.29 is 22.9 Å². The first-order valence-corrected chi connectivity index (χ1v) is 11.6. The first kappa shape index (κ1) is 19.3. The monoisotopic (exact) mass is 415 g/mol. The summed E-state index contributed by atoms with van der Waals surface area (Å²) in [7, 11) is -3.36. The lowest BCUT2D eigenvalue weighted by molar-refractivity contribution is -0.277. The minimum absolute atomic E-state index is 0.0429. The van der Waals surface area contributed by atoms with Gasteiger partial charge in [-0.2, -0.15) is 0 Å². The highest BCUT2D eigenvalue weighted by Crippen LogP contribution is 2.80. The molecule has 4 saturated heterocycles. The van der Waals surface area contributed by atoms with E-state index < -0.39 is 19.3 Å². The molecule has 2 aromatic carbocycles. The van der Waals surface area contributed by atoms with Crippen LogP contribution >= 0.6 is 7.82 Å². The fraction of sp³-hybridized carbons (Fsp3) is 0.455. The molecule has 6 nitrogen and oxygen atoms in total. The number of hydrogen-bond acceptors (Lipinski definition) is 6. The highest BCUT2D eigenvalue weighted by atomic mass is 31.2. The molecule has 6 rings (SSSR count). The van der Waals surface area contributed by atoms with Crippen LogP contribution in [0.2, 0.25) is 0 Å². The average molecular weight is 415 g/mol. The van der Waals surface area contributed by atoms with Gasteiger partial charge in [0.1, 0.15) is 12.4 Å². The van der Waals surface area contributed by atoms with Gasteiger partial charge in [-0.25, -0.2) is 13.6 Å². The summed E-state index contributed by atoms with van der Waals surface area (Å²) in [5, 5.41) is 0. The molecule has 2 aromatic rings. The lowest BCUT2D eigenvalue weighted by atomic mass is 9.91. The summed E-state index contributed by atoms with van der Waals surface area (Å²) < 4.78 is 35.5. The predicted octanol–water partition coefficient (Wildman–Crippen LogP) is 4.74. The van der Waals surface area contributed by atoms with Crippen LogP contribution in [0.4, 0.5) is 0 Å². The fourth-order valence-corrected chi connectivity index (χ4v) is 6.71. The zero-order valence-electron chi connectivity index (χ0n) is 16.7. The van der Waals surface area contributed by atoms with Crippen LogP contribution in [0.25, 0.3) is 0 Å². The molecule has 4 fully saturated rings. The maximum atomic E-state index is 12.3. The van der Waals surface area contributed by atoms with Crippen LogP contribution in [-0.2, 0) is 24.6 Å². The molecule has 2 bridgehead atoms. The van der Waals surface area contributed by atoms with Gasteiger partial charge < -0.3 is 4.74 Å². The van der Waals surface area contributed by atoms with Crippen LogP contribution in [-0.4, -0.2) is 35.6 Å². The summed E-state index contributed by atoms with van der Waals surface area (Å²) >= 11 is 0. The van der Waals surface area contributed by atoms with E-state index >= 15 is 0 Å². The summed E-state index contributed by atoms with van der Waals surface area (Å²) in [6.07, 6.45) is 2.41. The first-order valence-electron chi connectivity index (χ1n) is 10.2. The summed E-state index contributed by atoms with van der Waals surface area (Å²) in [6.45, 7) is 5.32. The summed E-state index contributed by atoms with van der Waals surface area (Å²) in [5.41, 5.74) is 1.57. The lowest BCUT2D eigenvalue weighted by Crippen LogP contribution is -2.67. The van der Waals surface area contributed by atoms with Crippen molar-refractivity contribution in [3.8, 4) is 5.75 Å². The molecule has 0 aromatic heterocycles. The molecule has 154 valence electrons. The molecule has 0 aliphatic carbocycles. The van der Waals surface area contributed by atoms with Crippen molar-refractivity contribution in [1.82, 2.24) is 4.90 Å². The second-order valence-electron chi connectivity index (χ2n) is 8.18. The van der Waals surface area contributed by atoms with Crippen LogP contribution in [0.3, 0.4) is 0 Å². The molecule has 29 heavy (non-hydrogen) atoms. The largest absolute Gasteiger partial charge is 0.492 e. The highest BCUT2D eigenvalue weighted by molar-refractivity contribution is 7.50. The van der Waals surface area contributed by atoms with E-state index in [2.05, 4.69) is 42.2 Å². The van der Waals surface area contributed by atoms with Gasteiger partial charge in [-0.1, -0.05) is 48.5 Å². The zero-order chi connectivity index (χ0) is 20.1. The SMILES string of the molecule is CC(COc1ccccc1Cc1ccccc1)N1CCCC23OP(=O)(O2)OC13C. The maximum Gasteiger partial charge on any atom is 0.482 e. The Bertz CT molecular complexity index is 941. The van der Waals surface area contributed by atoms with Gasteiger partial charge in [0, 0.05) is 25.4 Å². The van der Waals surface area contributed by atoms with E-state index in [0.717, 1.165) is 30.7 Å². The Balaban J connectivity index is 1.29. The molecule has 4 aliphatic rings. The van der Waals surface area contributed by atoms with Gasteiger partial charge in [0.25, 0.3) is 0 Å². The van der Waals surface area contributed by atoms with Crippen molar-refractivity contribution in [3.05, 3.63) is 65.7 Å². The Morgan fingerprint density at radius 1 is 1.10 bits per heavy atom. The number of para-hydroxylation sites is 1. The van der Waals surface area contributed by atoms with Crippen LogP contribution in [0.5, 0.6) is 5.75 Å². The summed E-state index contributed by atoms with van der Waals surface area (Å²) in [4.78, 5) is 2.17. The van der Waals surface area contributed by atoms with Crippen LogP contribution in [0.1, 0.15) is 37.8 Å². The number of ether oxygens (including phenoxy) is 1. The summed E-state index contributed by atoms with van der Waals surface area (Å²) in [6, 6.07) is 18.6. The Labute approximate surface area is 171 Å². The molecule has 4 heterocycles. The third-order valence-corrected chi connectivity index (χ3v) is 7.81. The van der Waals surface area contributed by atoms with Gasteiger partial charge in [0.05, 0.1) is 0 Å². The van der Waals surface area contributed by atoms with Gasteiger partial charge in [0.15, 0.2) is 5.72 Å². The van der Waals surface area contributed by atoms with E-state index in [1.165, 1.54) is 5.56 Å². The van der Waals surface area contributed by atoms with Crippen molar-refractivity contribution in [2.45, 2.75) is 50.7 Å². The molecule has 7 heteroatoms. The maximum absolute atomic E-state index is 12.3. The van der Waals surface area contributed by atoms with Crippen LogP contribution in [0.15, 0.2) is 54.6 Å². The minimum atomic E-state index is -3.36. The predicted molar refractivity (Wildman–Crippen MR) is 109 cm³/mol. The Morgan fingerprint density at radius 2 is 1.83 bits per heavy atom. The van der Waals surface area contributed by atoms with Crippen LogP contribution < -0.4 is 4.74 Å². The second kappa shape index (κ2) is 6.93. The number of nitrogens with zero attached hydrogens (tertiary/aromatic N) is 1. The smallest absolute Gasteiger partial charge is 0.482 e. The van der Waals surface area contributed by atoms with E-state index in [4.69, 9.17) is 18.3 Å². The number of benzene rings is 2. The van der Waals surface area contributed by atoms with Gasteiger partial charge in [-0.15, -0.1) is 0 Å². The molecule has 0 radical (unpaired) electrons. The molecular formula is C22H26NO5P. The molecule has 1 spiro atoms. The van der Waals surface area contributed by atoms with E-state index in [0.29, 0.717) is 13.0 Å². The van der Waals surface area contributed by atoms with Crippen molar-refractivity contribution in [2.24, 2.45) is 0 Å². The highest BCUT2D eigenvalue weighted by Gasteiger charge is 2.79. The van der Waals surface area contributed by atoms with Gasteiger partial charge >= 0.3 is 7.82 Å². The van der Waals surface area contributed by atoms with Crippen molar-refractivity contribution in [3.63, 3.8) is 0 Å². The Hall–Kier alpha value is -1.69. The molecule has 0 N–H and O–H groups in total. The molecular weight excluding hydrogens is 389 g/mol. The number of phosphoric acid groups is 1. The Kier molecular flexibility index (Phi) is 4.61. The van der Waals surface area contributed by atoms with Crippen molar-refractivity contribution in [1.29, 1.82) is 0 Å². The number of likely N-dealkylation sites (tertiary alicyclic amines) is 1. The minimum Gasteiger partial charge on any atom is -0.492 e. The van der Waals surface area contributed by atoms with Gasteiger partial charge in [-0.3, -0.25) is 9.42 Å². The van der Waals surface area contributed by atoms with E-state index in [1.807, 2.05) is 31.2 Å². The van der Waals surface area contributed by atoms with E-state index in [-0.39, 0.29) is 6.04 Å². The third-order valence-electron chi connectivity index (χ3n) is 6.19. The topological polar surface area (TPSA) is 57.2 Å². The second-order valence-corrected chi connectivity index (χ2v) is 9.63. The molecule has 0 saturated carbocycles. The number of piperidine rings is 1. The third kappa shape index (κ3) is 3.15. The fourth-order valence-electron chi connectivity index (χ4n) is 4.70. The van der Waals surface area contributed by atoms with Gasteiger partial charge in [-0.05, 0) is 37.5 Å². The lowest BCUT2D eigenvalue weighted by Gasteiger charge is -2.50. The average Bonchev–Trinajstić information content (AvgIpc) is 3.08. The molecule has 2 unspecified atom stereocenters. The molecule has 2 atom stereocenters. The zero-order valence-corrected chi connectivity index (χ0v) is 17.6. The van der Waals surface area contributed by atoms with Crippen molar-refractivity contribution in [2.75, 3.05) is 13.2 Å². The Morgan fingerprint density at radius 3 is 2.62 bits per heavy atom. The van der Waals surface area contributed by atoms with Crippen LogP contribution in [0, 0.1) is 0 Å². The quantitative estimate of drug-likeness (QED) is 0.636. The van der Waals surface area contributed by atoms with E-state index in [1.54, 1.807) is 0 Å². The van der Waals surface area contributed by atoms with Crippen molar-refractivity contribution >= 4 is 7.82 Å². The summed E-state index contributed by atoms with van der Waals surface area (Å²) in [5.74, 6) is -0.0164. The first-order chi connectivity index (χ1) is 13.9. The molecule has 0 amide bonds.